The summed E-state index contributed by atoms with van der Waals surface area (Å²) in [6.07, 6.45) is 1.54. The van der Waals surface area contributed by atoms with Gasteiger partial charge in [0.05, 0.1) is 0 Å². The molecular weight excluding hydrogens is 218 g/mol. The Balaban J connectivity index is 3.04. The van der Waals surface area contributed by atoms with E-state index in [9.17, 15) is 13.2 Å². The molecule has 0 aliphatic heterocycles. The SMILES string of the molecule is CS(=O)(=O)Cc1nc(CCN)cc(=O)[nH]1. The molecule has 0 saturated carbocycles. The minimum Gasteiger partial charge on any atom is -0.330 e. The summed E-state index contributed by atoms with van der Waals surface area (Å²) < 4.78 is 22.0. The Bertz CT molecular complexity index is 492. The third-order valence-corrected chi connectivity index (χ3v) is 2.44. The smallest absolute Gasteiger partial charge is 0.251 e. The molecule has 1 heterocycles. The van der Waals surface area contributed by atoms with Crippen molar-refractivity contribution in [3.05, 3.63) is 27.9 Å². The van der Waals surface area contributed by atoms with E-state index in [2.05, 4.69) is 9.97 Å². The van der Waals surface area contributed by atoms with Crippen molar-refractivity contribution in [1.82, 2.24) is 9.97 Å². The van der Waals surface area contributed by atoms with Gasteiger partial charge in [0.15, 0.2) is 9.84 Å². The van der Waals surface area contributed by atoms with Crippen LogP contribution < -0.4 is 11.3 Å². The van der Waals surface area contributed by atoms with Crippen LogP contribution in [-0.4, -0.2) is 31.2 Å². The number of rotatable bonds is 4. The quantitative estimate of drug-likeness (QED) is 0.678. The molecule has 1 rings (SSSR count). The van der Waals surface area contributed by atoms with Gasteiger partial charge in [0.1, 0.15) is 11.6 Å². The zero-order valence-corrected chi connectivity index (χ0v) is 9.17. The summed E-state index contributed by atoms with van der Waals surface area (Å²) in [5.74, 6) is -0.103. The Morgan fingerprint density at radius 2 is 2.20 bits per heavy atom. The molecule has 1 aromatic heterocycles. The van der Waals surface area contributed by atoms with Crippen molar-refractivity contribution in [2.45, 2.75) is 12.2 Å². The second-order valence-corrected chi connectivity index (χ2v) is 5.43. The van der Waals surface area contributed by atoms with Crippen LogP contribution in [0.4, 0.5) is 0 Å². The van der Waals surface area contributed by atoms with Gasteiger partial charge in [-0.3, -0.25) is 4.79 Å². The molecule has 0 aliphatic rings. The number of hydrogen-bond donors (Lipinski definition) is 2. The van der Waals surface area contributed by atoms with Crippen molar-refractivity contribution in [1.29, 1.82) is 0 Å². The van der Waals surface area contributed by atoms with Crippen LogP contribution >= 0.6 is 0 Å². The largest absolute Gasteiger partial charge is 0.330 e. The molecule has 3 N–H and O–H groups in total. The van der Waals surface area contributed by atoms with Gasteiger partial charge in [0, 0.05) is 24.4 Å². The summed E-state index contributed by atoms with van der Waals surface area (Å²) in [5.41, 5.74) is 5.48. The van der Waals surface area contributed by atoms with E-state index in [-0.39, 0.29) is 17.1 Å². The Hall–Kier alpha value is -1.21. The maximum absolute atomic E-state index is 11.1. The molecule has 0 saturated heterocycles. The molecule has 0 radical (unpaired) electrons. The Morgan fingerprint density at radius 1 is 1.53 bits per heavy atom. The number of aromatic amines is 1. The molecular formula is C8H13N3O3S. The molecule has 0 fully saturated rings. The van der Waals surface area contributed by atoms with Crippen LogP contribution in [0.5, 0.6) is 0 Å². The summed E-state index contributed by atoms with van der Waals surface area (Å²) in [6, 6.07) is 1.32. The molecule has 0 aliphatic carbocycles. The molecule has 0 bridgehead atoms. The first-order chi connectivity index (χ1) is 6.90. The fourth-order valence-electron chi connectivity index (χ4n) is 1.16. The van der Waals surface area contributed by atoms with Crippen molar-refractivity contribution in [3.8, 4) is 0 Å². The van der Waals surface area contributed by atoms with Crippen molar-refractivity contribution in [3.63, 3.8) is 0 Å². The van der Waals surface area contributed by atoms with E-state index in [0.717, 1.165) is 6.26 Å². The zero-order valence-electron chi connectivity index (χ0n) is 8.36. The molecule has 7 heteroatoms. The summed E-state index contributed by atoms with van der Waals surface area (Å²) in [4.78, 5) is 17.5. The van der Waals surface area contributed by atoms with E-state index in [0.29, 0.717) is 18.7 Å². The van der Waals surface area contributed by atoms with Gasteiger partial charge in [0.2, 0.25) is 0 Å². The van der Waals surface area contributed by atoms with Crippen LogP contribution in [0.1, 0.15) is 11.5 Å². The first-order valence-electron chi connectivity index (χ1n) is 4.37. The van der Waals surface area contributed by atoms with Crippen LogP contribution in [-0.2, 0) is 22.0 Å². The summed E-state index contributed by atoms with van der Waals surface area (Å²) in [7, 11) is -3.19. The van der Waals surface area contributed by atoms with Gasteiger partial charge in [0.25, 0.3) is 5.56 Å². The fraction of sp³-hybridized carbons (Fsp3) is 0.500. The molecule has 0 spiro atoms. The van der Waals surface area contributed by atoms with Gasteiger partial charge in [-0.05, 0) is 6.54 Å². The Kier molecular flexibility index (Phi) is 3.59. The number of nitrogens with two attached hydrogens (primary N) is 1. The lowest BCUT2D eigenvalue weighted by Gasteiger charge is -2.01. The summed E-state index contributed by atoms with van der Waals surface area (Å²) >= 11 is 0. The van der Waals surface area contributed by atoms with Gasteiger partial charge >= 0.3 is 0 Å². The average Bonchev–Trinajstić information content (AvgIpc) is 1.99. The van der Waals surface area contributed by atoms with E-state index in [4.69, 9.17) is 5.73 Å². The second-order valence-electron chi connectivity index (χ2n) is 3.29. The third kappa shape index (κ3) is 4.22. The highest BCUT2D eigenvalue weighted by Gasteiger charge is 2.08. The van der Waals surface area contributed by atoms with Crippen molar-refractivity contribution < 1.29 is 8.42 Å². The van der Waals surface area contributed by atoms with Crippen LogP contribution in [0, 0.1) is 0 Å². The highest BCUT2D eigenvalue weighted by molar-refractivity contribution is 7.89. The number of aromatic nitrogens is 2. The standard InChI is InChI=1S/C8H13N3O3S/c1-15(13,14)5-7-10-6(2-3-9)4-8(12)11-7/h4H,2-3,5,9H2,1H3,(H,10,11,12). The van der Waals surface area contributed by atoms with Crippen LogP contribution in [0.15, 0.2) is 10.9 Å². The predicted octanol–water partition coefficient (Wildman–Crippen LogP) is -1.18. The Morgan fingerprint density at radius 3 is 2.73 bits per heavy atom. The maximum Gasteiger partial charge on any atom is 0.251 e. The molecule has 1 aromatic rings. The van der Waals surface area contributed by atoms with E-state index in [1.54, 1.807) is 0 Å². The lowest BCUT2D eigenvalue weighted by atomic mass is 10.3. The highest BCUT2D eigenvalue weighted by atomic mass is 32.2. The summed E-state index contributed by atoms with van der Waals surface area (Å²) in [6.45, 7) is 0.370. The first kappa shape index (κ1) is 11.9. The van der Waals surface area contributed by atoms with Crippen LogP contribution in [0.2, 0.25) is 0 Å². The van der Waals surface area contributed by atoms with Crippen LogP contribution in [0.25, 0.3) is 0 Å². The van der Waals surface area contributed by atoms with Crippen molar-refractivity contribution in [2.24, 2.45) is 5.73 Å². The number of nitrogens with zero attached hydrogens (tertiary/aromatic N) is 1. The third-order valence-electron chi connectivity index (χ3n) is 1.64. The van der Waals surface area contributed by atoms with E-state index in [1.165, 1.54) is 6.07 Å². The number of H-pyrrole nitrogens is 1. The van der Waals surface area contributed by atoms with Gasteiger partial charge < -0.3 is 10.7 Å². The molecule has 0 unspecified atom stereocenters. The van der Waals surface area contributed by atoms with Gasteiger partial charge in [-0.1, -0.05) is 0 Å². The molecule has 15 heavy (non-hydrogen) atoms. The van der Waals surface area contributed by atoms with Crippen molar-refractivity contribution >= 4 is 9.84 Å². The van der Waals surface area contributed by atoms with Gasteiger partial charge in [-0.15, -0.1) is 0 Å². The molecule has 6 nitrogen and oxygen atoms in total. The van der Waals surface area contributed by atoms with E-state index < -0.39 is 9.84 Å². The number of nitrogens with one attached hydrogen (secondary N) is 1. The number of sulfone groups is 1. The Labute approximate surface area is 87.5 Å². The van der Waals surface area contributed by atoms with Gasteiger partial charge in [-0.25, -0.2) is 13.4 Å². The first-order valence-corrected chi connectivity index (χ1v) is 6.43. The normalized spacial score (nSPS) is 11.6. The van der Waals surface area contributed by atoms with Crippen molar-refractivity contribution in [2.75, 3.05) is 12.8 Å². The predicted molar refractivity (Wildman–Crippen MR) is 56.2 cm³/mol. The summed E-state index contributed by atoms with van der Waals surface area (Å²) in [5, 5.41) is 0. The lowest BCUT2D eigenvalue weighted by Crippen LogP contribution is -2.17. The monoisotopic (exact) mass is 231 g/mol. The van der Waals surface area contributed by atoms with Gasteiger partial charge in [-0.2, -0.15) is 0 Å². The lowest BCUT2D eigenvalue weighted by molar-refractivity contribution is 0.599. The highest BCUT2D eigenvalue weighted by Crippen LogP contribution is 1.98. The zero-order chi connectivity index (χ0) is 11.5. The van der Waals surface area contributed by atoms with E-state index in [1.807, 2.05) is 0 Å². The number of hydrogen-bond acceptors (Lipinski definition) is 5. The average molecular weight is 231 g/mol. The van der Waals surface area contributed by atoms with Crippen LogP contribution in [0.3, 0.4) is 0 Å². The topological polar surface area (TPSA) is 106 Å². The second kappa shape index (κ2) is 4.54. The fourth-order valence-corrected chi connectivity index (χ4v) is 1.79. The molecule has 84 valence electrons. The minimum atomic E-state index is -3.19. The minimum absolute atomic E-state index is 0.161. The molecule has 0 amide bonds. The molecule has 0 aromatic carbocycles. The molecule has 0 atom stereocenters. The maximum atomic E-state index is 11.1. The van der Waals surface area contributed by atoms with E-state index >= 15 is 0 Å².